The Bertz CT molecular complexity index is 627. The predicted octanol–water partition coefficient (Wildman–Crippen LogP) is 2.60. The van der Waals surface area contributed by atoms with Gasteiger partial charge in [-0.3, -0.25) is 0 Å². The number of anilines is 3. The van der Waals surface area contributed by atoms with E-state index in [1.54, 1.807) is 0 Å². The number of hydrogen-bond donors (Lipinski definition) is 2. The second-order valence-electron chi connectivity index (χ2n) is 4.62. The van der Waals surface area contributed by atoms with E-state index in [0.29, 0.717) is 5.69 Å². The van der Waals surface area contributed by atoms with Crippen LogP contribution in [0.1, 0.15) is 18.4 Å². The van der Waals surface area contributed by atoms with Crippen molar-refractivity contribution >= 4 is 17.5 Å². The molecule has 9 heteroatoms. The Kier molecular flexibility index (Phi) is 3.32. The van der Waals surface area contributed by atoms with Crippen molar-refractivity contribution in [1.29, 1.82) is 0 Å². The van der Waals surface area contributed by atoms with Gasteiger partial charge in [0.05, 0.1) is 18.1 Å². The number of hydrogen-bond acceptors (Lipinski definition) is 6. The van der Waals surface area contributed by atoms with E-state index in [-0.39, 0.29) is 17.8 Å². The van der Waals surface area contributed by atoms with Crippen LogP contribution >= 0.6 is 0 Å². The van der Waals surface area contributed by atoms with Crippen molar-refractivity contribution in [2.24, 2.45) is 0 Å². The van der Waals surface area contributed by atoms with Crippen LogP contribution in [0.25, 0.3) is 0 Å². The van der Waals surface area contributed by atoms with Gasteiger partial charge >= 0.3 is 6.18 Å². The van der Waals surface area contributed by atoms with E-state index >= 15 is 0 Å². The Balaban J connectivity index is 1.88. The van der Waals surface area contributed by atoms with Crippen molar-refractivity contribution in [1.82, 2.24) is 19.9 Å². The summed E-state index contributed by atoms with van der Waals surface area (Å²) in [7, 11) is 0. The molecule has 1 aliphatic rings. The molecule has 2 N–H and O–H groups in total. The third-order valence-corrected chi connectivity index (χ3v) is 2.83. The van der Waals surface area contributed by atoms with Gasteiger partial charge in [-0.25, -0.2) is 15.0 Å². The number of alkyl halides is 3. The first-order chi connectivity index (χ1) is 10.0. The van der Waals surface area contributed by atoms with Gasteiger partial charge in [-0.15, -0.1) is 0 Å². The topological polar surface area (TPSA) is 75.6 Å². The van der Waals surface area contributed by atoms with Crippen LogP contribution in [0.4, 0.5) is 30.6 Å². The fraction of sp³-hybridized carbons (Fsp3) is 0.333. The molecule has 110 valence electrons. The summed E-state index contributed by atoms with van der Waals surface area (Å²) in [6.07, 6.45) is 2.26. The lowest BCUT2D eigenvalue weighted by atomic mass is 10.3. The van der Waals surface area contributed by atoms with Gasteiger partial charge in [0.25, 0.3) is 0 Å². The zero-order valence-corrected chi connectivity index (χ0v) is 10.7. The second-order valence-corrected chi connectivity index (χ2v) is 4.62. The van der Waals surface area contributed by atoms with Crippen molar-refractivity contribution in [3.8, 4) is 0 Å². The van der Waals surface area contributed by atoms with E-state index in [9.17, 15) is 13.2 Å². The summed E-state index contributed by atoms with van der Waals surface area (Å²) in [4.78, 5) is 15.2. The van der Waals surface area contributed by atoms with E-state index in [1.807, 2.05) is 0 Å². The van der Waals surface area contributed by atoms with E-state index in [0.717, 1.165) is 19.0 Å². The molecule has 0 unspecified atom stereocenters. The second kappa shape index (κ2) is 5.15. The Morgan fingerprint density at radius 2 is 1.81 bits per heavy atom. The zero-order valence-electron chi connectivity index (χ0n) is 10.7. The van der Waals surface area contributed by atoms with Gasteiger partial charge in [-0.05, 0) is 12.8 Å². The molecule has 1 saturated carbocycles. The highest BCUT2D eigenvalue weighted by molar-refractivity contribution is 5.55. The summed E-state index contributed by atoms with van der Waals surface area (Å²) in [6.45, 7) is 0. The summed E-state index contributed by atoms with van der Waals surface area (Å²) in [5.74, 6) is -0.153. The molecule has 0 aliphatic heterocycles. The molecule has 2 aromatic rings. The number of aromatic nitrogens is 4. The van der Waals surface area contributed by atoms with E-state index in [1.165, 1.54) is 18.7 Å². The number of rotatable bonds is 4. The van der Waals surface area contributed by atoms with Crippen molar-refractivity contribution in [3.63, 3.8) is 0 Å². The highest BCUT2D eigenvalue weighted by Crippen LogP contribution is 2.36. The zero-order chi connectivity index (χ0) is 14.9. The molecule has 1 aliphatic carbocycles. The maximum atomic E-state index is 12.9. The molecule has 0 amide bonds. The molecule has 2 aromatic heterocycles. The molecule has 6 nitrogen and oxygen atoms in total. The molecule has 3 rings (SSSR count). The van der Waals surface area contributed by atoms with Crippen LogP contribution in [0.2, 0.25) is 0 Å². The summed E-state index contributed by atoms with van der Waals surface area (Å²) in [6, 6.07) is 0.0499. The van der Waals surface area contributed by atoms with Crippen molar-refractivity contribution in [3.05, 3.63) is 30.5 Å². The molecule has 0 atom stereocenters. The quantitative estimate of drug-likeness (QED) is 0.903. The SMILES string of the molecule is FC(F)(F)c1cnc(Nc2cncnc2)nc1NC1CC1. The third kappa shape index (κ3) is 3.36. The molecule has 1 fully saturated rings. The first-order valence-electron chi connectivity index (χ1n) is 6.25. The number of halogens is 3. The van der Waals surface area contributed by atoms with E-state index in [2.05, 4.69) is 30.6 Å². The van der Waals surface area contributed by atoms with Gasteiger partial charge < -0.3 is 10.6 Å². The van der Waals surface area contributed by atoms with E-state index in [4.69, 9.17) is 0 Å². The molecule has 0 aromatic carbocycles. The third-order valence-electron chi connectivity index (χ3n) is 2.83. The largest absolute Gasteiger partial charge is 0.421 e. The van der Waals surface area contributed by atoms with Gasteiger partial charge in [0, 0.05) is 12.2 Å². The van der Waals surface area contributed by atoms with Gasteiger partial charge in [0.2, 0.25) is 5.95 Å². The Labute approximate surface area is 117 Å². The normalized spacial score (nSPS) is 14.8. The number of nitrogens with one attached hydrogen (secondary N) is 2. The first-order valence-corrected chi connectivity index (χ1v) is 6.25. The summed E-state index contributed by atoms with van der Waals surface area (Å²) in [5.41, 5.74) is -0.376. The average molecular weight is 296 g/mol. The van der Waals surface area contributed by atoms with Gasteiger partial charge in [-0.2, -0.15) is 18.2 Å². The standard InChI is InChI=1S/C12H11F3N6/c13-12(14,15)9-5-18-11(20-8-3-16-6-17-4-8)21-10(9)19-7-1-2-7/h3-7H,1-2H2,(H2,18,19,20,21). The fourth-order valence-electron chi connectivity index (χ4n) is 1.67. The highest BCUT2D eigenvalue weighted by Gasteiger charge is 2.36. The van der Waals surface area contributed by atoms with Gasteiger partial charge in [-0.1, -0.05) is 0 Å². The minimum atomic E-state index is -4.49. The van der Waals surface area contributed by atoms with Crippen molar-refractivity contribution in [2.75, 3.05) is 10.6 Å². The fourth-order valence-corrected chi connectivity index (χ4v) is 1.67. The lowest BCUT2D eigenvalue weighted by Crippen LogP contribution is -2.15. The Morgan fingerprint density at radius 3 is 2.43 bits per heavy atom. The minimum absolute atomic E-state index is 0.0499. The van der Waals surface area contributed by atoms with Gasteiger partial charge in [0.15, 0.2) is 0 Å². The Hall–Kier alpha value is -2.45. The van der Waals surface area contributed by atoms with E-state index < -0.39 is 11.7 Å². The maximum Gasteiger partial charge on any atom is 0.421 e. The van der Waals surface area contributed by atoms with Gasteiger partial charge in [0.1, 0.15) is 17.7 Å². The smallest absolute Gasteiger partial charge is 0.367 e. The molecule has 2 heterocycles. The first kappa shape index (κ1) is 13.5. The monoisotopic (exact) mass is 296 g/mol. The summed E-state index contributed by atoms with van der Waals surface area (Å²) in [5, 5.41) is 5.54. The van der Waals surface area contributed by atoms with Crippen molar-refractivity contribution in [2.45, 2.75) is 25.1 Å². The van der Waals surface area contributed by atoms with Crippen LogP contribution in [0.15, 0.2) is 24.9 Å². The van der Waals surface area contributed by atoms with Crippen LogP contribution in [-0.2, 0) is 6.18 Å². The number of nitrogens with zero attached hydrogens (tertiary/aromatic N) is 4. The molecule has 0 spiro atoms. The summed E-state index contributed by atoms with van der Waals surface area (Å²) >= 11 is 0. The van der Waals surface area contributed by atoms with Crippen LogP contribution in [-0.4, -0.2) is 26.0 Å². The average Bonchev–Trinajstić information content (AvgIpc) is 3.23. The molecular weight excluding hydrogens is 285 g/mol. The van der Waals surface area contributed by atoms with Crippen molar-refractivity contribution < 1.29 is 13.2 Å². The molecule has 0 saturated heterocycles. The van der Waals surface area contributed by atoms with Crippen LogP contribution in [0.5, 0.6) is 0 Å². The van der Waals surface area contributed by atoms with Crippen LogP contribution in [0.3, 0.4) is 0 Å². The maximum absolute atomic E-state index is 12.9. The molecule has 0 bridgehead atoms. The molecular formula is C12H11F3N6. The lowest BCUT2D eigenvalue weighted by molar-refractivity contribution is -0.137. The van der Waals surface area contributed by atoms with Crippen LogP contribution in [0, 0.1) is 0 Å². The predicted molar refractivity (Wildman–Crippen MR) is 69.0 cm³/mol. The lowest BCUT2D eigenvalue weighted by Gasteiger charge is -2.14. The molecule has 21 heavy (non-hydrogen) atoms. The molecule has 0 radical (unpaired) electrons. The Morgan fingerprint density at radius 1 is 1.10 bits per heavy atom. The van der Waals surface area contributed by atoms with Crippen LogP contribution < -0.4 is 10.6 Å². The highest BCUT2D eigenvalue weighted by atomic mass is 19.4. The minimum Gasteiger partial charge on any atom is -0.367 e. The summed E-state index contributed by atoms with van der Waals surface area (Å²) < 4.78 is 38.8.